The standard InChI is InChI=1S/C20H29N3O2/c1-16(2)5-6-19(18-7-11-25-15-18)22-14-17-4-3-8-21-20(17)23-9-12-24-13-10-23/h3-4,7-8,11,15-16,19,22H,5-6,9-10,12-14H2,1-2H3. The molecule has 136 valence electrons. The van der Waals surface area contributed by atoms with Crippen LogP contribution in [0.1, 0.15) is 43.9 Å². The van der Waals surface area contributed by atoms with Crippen molar-refractivity contribution < 1.29 is 9.15 Å². The van der Waals surface area contributed by atoms with E-state index in [-0.39, 0.29) is 0 Å². The van der Waals surface area contributed by atoms with Gasteiger partial charge in [0.2, 0.25) is 0 Å². The Bertz CT molecular complexity index is 622. The Morgan fingerprint density at radius 2 is 2.04 bits per heavy atom. The van der Waals surface area contributed by atoms with Gasteiger partial charge in [-0.3, -0.25) is 0 Å². The van der Waals surface area contributed by atoms with Gasteiger partial charge in [0.1, 0.15) is 5.82 Å². The molecular formula is C20H29N3O2. The Morgan fingerprint density at radius 3 is 2.76 bits per heavy atom. The summed E-state index contributed by atoms with van der Waals surface area (Å²) in [6.45, 7) is 8.69. The van der Waals surface area contributed by atoms with Crippen molar-refractivity contribution in [3.05, 3.63) is 48.0 Å². The van der Waals surface area contributed by atoms with Gasteiger partial charge in [0, 0.05) is 43.0 Å². The molecular weight excluding hydrogens is 314 g/mol. The molecule has 1 unspecified atom stereocenters. The molecule has 1 aliphatic heterocycles. The number of rotatable bonds is 8. The van der Waals surface area contributed by atoms with E-state index in [1.807, 2.05) is 18.5 Å². The van der Waals surface area contributed by atoms with Crippen molar-refractivity contribution in [2.75, 3.05) is 31.2 Å². The molecule has 0 radical (unpaired) electrons. The third kappa shape index (κ3) is 5.06. The summed E-state index contributed by atoms with van der Waals surface area (Å²) < 4.78 is 10.8. The average Bonchev–Trinajstić information content (AvgIpc) is 3.17. The van der Waals surface area contributed by atoms with Gasteiger partial charge in [-0.2, -0.15) is 0 Å². The number of hydrogen-bond donors (Lipinski definition) is 1. The first-order chi connectivity index (χ1) is 12.2. The molecule has 3 rings (SSSR count). The van der Waals surface area contributed by atoms with Gasteiger partial charge in [-0.1, -0.05) is 19.9 Å². The maximum Gasteiger partial charge on any atom is 0.133 e. The third-order valence-corrected chi connectivity index (χ3v) is 4.70. The van der Waals surface area contributed by atoms with E-state index in [1.54, 1.807) is 6.26 Å². The molecule has 25 heavy (non-hydrogen) atoms. The van der Waals surface area contributed by atoms with Crippen molar-refractivity contribution in [3.63, 3.8) is 0 Å². The molecule has 1 N–H and O–H groups in total. The number of nitrogens with zero attached hydrogens (tertiary/aromatic N) is 2. The monoisotopic (exact) mass is 343 g/mol. The van der Waals surface area contributed by atoms with Gasteiger partial charge >= 0.3 is 0 Å². The number of ether oxygens (including phenoxy) is 1. The first kappa shape index (κ1) is 18.0. The van der Waals surface area contributed by atoms with E-state index in [4.69, 9.17) is 9.15 Å². The highest BCUT2D eigenvalue weighted by atomic mass is 16.5. The lowest BCUT2D eigenvalue weighted by Gasteiger charge is -2.30. The molecule has 0 saturated carbocycles. The van der Waals surface area contributed by atoms with Gasteiger partial charge in [0.15, 0.2) is 0 Å². The first-order valence-corrected chi connectivity index (χ1v) is 9.26. The zero-order chi connectivity index (χ0) is 17.5. The molecule has 1 fully saturated rings. The van der Waals surface area contributed by atoms with Crippen LogP contribution in [-0.2, 0) is 11.3 Å². The first-order valence-electron chi connectivity index (χ1n) is 9.26. The number of aromatic nitrogens is 1. The Labute approximate surface area is 150 Å². The Kier molecular flexibility index (Phi) is 6.48. The second kappa shape index (κ2) is 9.02. The summed E-state index contributed by atoms with van der Waals surface area (Å²) in [6, 6.07) is 6.55. The lowest BCUT2D eigenvalue weighted by atomic mass is 9.99. The van der Waals surface area contributed by atoms with Crippen molar-refractivity contribution in [2.24, 2.45) is 5.92 Å². The zero-order valence-corrected chi connectivity index (χ0v) is 15.3. The predicted octanol–water partition coefficient (Wildman–Crippen LogP) is 3.78. The summed E-state index contributed by atoms with van der Waals surface area (Å²) >= 11 is 0. The number of furan rings is 1. The quantitative estimate of drug-likeness (QED) is 0.790. The van der Waals surface area contributed by atoms with Crippen molar-refractivity contribution >= 4 is 5.82 Å². The highest BCUT2D eigenvalue weighted by Gasteiger charge is 2.18. The molecule has 0 aromatic carbocycles. The summed E-state index contributed by atoms with van der Waals surface area (Å²) in [6.07, 6.45) is 7.77. The Balaban J connectivity index is 1.68. The van der Waals surface area contributed by atoms with Crippen LogP contribution in [0.2, 0.25) is 0 Å². The van der Waals surface area contributed by atoms with E-state index in [0.717, 1.165) is 45.1 Å². The minimum absolute atomic E-state index is 0.305. The van der Waals surface area contributed by atoms with Gasteiger partial charge < -0.3 is 19.4 Å². The highest BCUT2D eigenvalue weighted by molar-refractivity contribution is 5.47. The summed E-state index contributed by atoms with van der Waals surface area (Å²) in [5.41, 5.74) is 2.46. The lowest BCUT2D eigenvalue weighted by Crippen LogP contribution is -2.37. The van der Waals surface area contributed by atoms with Gasteiger partial charge in [0.25, 0.3) is 0 Å². The van der Waals surface area contributed by atoms with Gasteiger partial charge in [-0.05, 0) is 30.9 Å². The van der Waals surface area contributed by atoms with E-state index in [0.29, 0.717) is 12.0 Å². The second-order valence-electron chi connectivity index (χ2n) is 7.05. The van der Waals surface area contributed by atoms with Crippen LogP contribution in [0.3, 0.4) is 0 Å². The average molecular weight is 343 g/mol. The van der Waals surface area contributed by atoms with Crippen molar-refractivity contribution in [2.45, 2.75) is 39.3 Å². The smallest absolute Gasteiger partial charge is 0.133 e. The molecule has 5 nitrogen and oxygen atoms in total. The molecule has 2 aromatic rings. The van der Waals surface area contributed by atoms with E-state index in [2.05, 4.69) is 41.2 Å². The number of anilines is 1. The molecule has 1 saturated heterocycles. The van der Waals surface area contributed by atoms with E-state index < -0.39 is 0 Å². The van der Waals surface area contributed by atoms with E-state index in [1.165, 1.54) is 17.5 Å². The van der Waals surface area contributed by atoms with Crippen molar-refractivity contribution in [3.8, 4) is 0 Å². The summed E-state index contributed by atoms with van der Waals surface area (Å²) in [4.78, 5) is 6.95. The number of nitrogens with one attached hydrogen (secondary N) is 1. The SMILES string of the molecule is CC(C)CCC(NCc1cccnc1N1CCOCC1)c1ccoc1. The third-order valence-electron chi connectivity index (χ3n) is 4.70. The molecule has 2 aromatic heterocycles. The minimum Gasteiger partial charge on any atom is -0.472 e. The van der Waals surface area contributed by atoms with Gasteiger partial charge in [-0.15, -0.1) is 0 Å². The molecule has 1 atom stereocenters. The van der Waals surface area contributed by atoms with Crippen LogP contribution in [0.15, 0.2) is 41.3 Å². The second-order valence-corrected chi connectivity index (χ2v) is 7.05. The normalized spacial score (nSPS) is 16.4. The summed E-state index contributed by atoms with van der Waals surface area (Å²) in [5, 5.41) is 3.72. The van der Waals surface area contributed by atoms with Gasteiger partial charge in [-0.25, -0.2) is 4.98 Å². The maximum atomic E-state index is 5.47. The number of pyridine rings is 1. The van der Waals surface area contributed by atoms with Crippen molar-refractivity contribution in [1.29, 1.82) is 0 Å². The molecule has 0 spiro atoms. The Morgan fingerprint density at radius 1 is 1.20 bits per heavy atom. The molecule has 0 amide bonds. The van der Waals surface area contributed by atoms with Crippen LogP contribution in [0.4, 0.5) is 5.82 Å². The fourth-order valence-corrected chi connectivity index (χ4v) is 3.22. The van der Waals surface area contributed by atoms with Crippen LogP contribution < -0.4 is 10.2 Å². The van der Waals surface area contributed by atoms with Gasteiger partial charge in [0.05, 0.1) is 25.7 Å². The largest absolute Gasteiger partial charge is 0.472 e. The fourth-order valence-electron chi connectivity index (χ4n) is 3.22. The van der Waals surface area contributed by atoms with Crippen LogP contribution in [0.25, 0.3) is 0 Å². The summed E-state index contributed by atoms with van der Waals surface area (Å²) in [7, 11) is 0. The maximum absolute atomic E-state index is 5.47. The van der Waals surface area contributed by atoms with E-state index >= 15 is 0 Å². The van der Waals surface area contributed by atoms with Crippen LogP contribution in [0, 0.1) is 5.92 Å². The van der Waals surface area contributed by atoms with E-state index in [9.17, 15) is 0 Å². The van der Waals surface area contributed by atoms with Crippen LogP contribution in [-0.4, -0.2) is 31.3 Å². The van der Waals surface area contributed by atoms with Crippen LogP contribution in [0.5, 0.6) is 0 Å². The molecule has 0 aliphatic carbocycles. The highest BCUT2D eigenvalue weighted by Crippen LogP contribution is 2.24. The zero-order valence-electron chi connectivity index (χ0n) is 15.3. The fraction of sp³-hybridized carbons (Fsp3) is 0.550. The minimum atomic E-state index is 0.305. The molecule has 0 bridgehead atoms. The number of morpholine rings is 1. The van der Waals surface area contributed by atoms with Crippen molar-refractivity contribution in [1.82, 2.24) is 10.3 Å². The topological polar surface area (TPSA) is 50.5 Å². The summed E-state index contributed by atoms with van der Waals surface area (Å²) in [5.74, 6) is 1.77. The molecule has 3 heterocycles. The Hall–Kier alpha value is -1.85. The number of hydrogen-bond acceptors (Lipinski definition) is 5. The van der Waals surface area contributed by atoms with Crippen LogP contribution >= 0.6 is 0 Å². The lowest BCUT2D eigenvalue weighted by molar-refractivity contribution is 0.122. The molecule has 1 aliphatic rings. The molecule has 5 heteroatoms. The predicted molar refractivity (Wildman–Crippen MR) is 99.6 cm³/mol.